The van der Waals surface area contributed by atoms with Gasteiger partial charge in [-0.2, -0.15) is 0 Å². The number of carbonyl (C=O) groups excluding carboxylic acids is 3. The van der Waals surface area contributed by atoms with Gasteiger partial charge in [-0.05, 0) is 31.6 Å². The molecule has 1 heterocycles. The van der Waals surface area contributed by atoms with Gasteiger partial charge in [-0.1, -0.05) is 19.3 Å². The van der Waals surface area contributed by atoms with E-state index in [1.165, 1.54) is 24.2 Å². The minimum absolute atomic E-state index is 0.0378. The van der Waals surface area contributed by atoms with Crippen LogP contribution in [0.2, 0.25) is 0 Å². The van der Waals surface area contributed by atoms with E-state index in [0.29, 0.717) is 5.92 Å². The predicted octanol–water partition coefficient (Wildman–Crippen LogP) is 1.81. The summed E-state index contributed by atoms with van der Waals surface area (Å²) in [5.41, 5.74) is 0. The largest absolute Gasteiger partial charge is 0.345 e. The van der Waals surface area contributed by atoms with E-state index in [1.807, 2.05) is 7.05 Å². The first-order valence-corrected chi connectivity index (χ1v) is 8.67. The minimum Gasteiger partial charge on any atom is -0.345 e. The summed E-state index contributed by atoms with van der Waals surface area (Å²) in [5.74, 6) is 0.399. The van der Waals surface area contributed by atoms with Crippen LogP contribution in [0.5, 0.6) is 0 Å². The second-order valence-electron chi connectivity index (χ2n) is 7.15. The number of imide groups is 1. The molecule has 0 aromatic rings. The van der Waals surface area contributed by atoms with Crippen LogP contribution in [0, 0.1) is 17.8 Å². The van der Waals surface area contributed by atoms with Gasteiger partial charge in [-0.3, -0.25) is 19.3 Å². The predicted molar refractivity (Wildman–Crippen MR) is 81.8 cm³/mol. The third-order valence-corrected chi connectivity index (χ3v) is 5.66. The van der Waals surface area contributed by atoms with Crippen molar-refractivity contribution in [3.8, 4) is 0 Å². The maximum absolute atomic E-state index is 12.3. The van der Waals surface area contributed by atoms with Crippen LogP contribution in [0.15, 0.2) is 0 Å². The molecule has 3 amide bonds. The van der Waals surface area contributed by atoms with Gasteiger partial charge in [0, 0.05) is 26.6 Å². The highest BCUT2D eigenvalue weighted by Crippen LogP contribution is 2.38. The number of likely N-dealkylation sites (tertiary alicyclic amines) is 1. The van der Waals surface area contributed by atoms with Crippen molar-refractivity contribution < 1.29 is 14.4 Å². The molecule has 0 aromatic heterocycles. The summed E-state index contributed by atoms with van der Waals surface area (Å²) in [7, 11) is 1.83. The monoisotopic (exact) mass is 306 g/mol. The Balaban J connectivity index is 1.51. The molecule has 122 valence electrons. The molecule has 0 spiro atoms. The number of amides is 3. The van der Waals surface area contributed by atoms with Crippen molar-refractivity contribution in [1.29, 1.82) is 0 Å². The van der Waals surface area contributed by atoms with Crippen LogP contribution in [0.4, 0.5) is 0 Å². The summed E-state index contributed by atoms with van der Waals surface area (Å²) < 4.78 is 0. The number of nitrogens with zero attached hydrogens (tertiary/aromatic N) is 2. The first-order valence-electron chi connectivity index (χ1n) is 8.67. The highest BCUT2D eigenvalue weighted by molar-refractivity contribution is 6.05. The highest BCUT2D eigenvalue weighted by Gasteiger charge is 2.47. The SMILES string of the molecule is CN(CC1CCC1)C(=O)CCN1C(=O)C2CCCCC2C1=O. The number of carbonyl (C=O) groups is 3. The summed E-state index contributed by atoms with van der Waals surface area (Å²) in [4.78, 5) is 40.0. The fraction of sp³-hybridized carbons (Fsp3) is 0.824. The Labute approximate surface area is 132 Å². The molecular weight excluding hydrogens is 280 g/mol. The molecule has 3 fully saturated rings. The average Bonchev–Trinajstić information content (AvgIpc) is 2.73. The van der Waals surface area contributed by atoms with Gasteiger partial charge in [0.05, 0.1) is 11.8 Å². The van der Waals surface area contributed by atoms with Crippen LogP contribution in [0.3, 0.4) is 0 Å². The summed E-state index contributed by atoms with van der Waals surface area (Å²) in [6.45, 7) is 1.07. The molecule has 2 unspecified atom stereocenters. The van der Waals surface area contributed by atoms with Gasteiger partial charge in [-0.15, -0.1) is 0 Å². The maximum Gasteiger partial charge on any atom is 0.233 e. The Morgan fingerprint density at radius 1 is 1.05 bits per heavy atom. The van der Waals surface area contributed by atoms with Crippen molar-refractivity contribution in [2.24, 2.45) is 17.8 Å². The van der Waals surface area contributed by atoms with Crippen molar-refractivity contribution in [2.45, 2.75) is 51.4 Å². The van der Waals surface area contributed by atoms with Gasteiger partial charge in [0.2, 0.25) is 17.7 Å². The zero-order chi connectivity index (χ0) is 15.7. The number of hydrogen-bond acceptors (Lipinski definition) is 3. The van der Waals surface area contributed by atoms with Crippen LogP contribution in [0.25, 0.3) is 0 Å². The van der Waals surface area contributed by atoms with Crippen LogP contribution in [0.1, 0.15) is 51.4 Å². The van der Waals surface area contributed by atoms with E-state index in [1.54, 1.807) is 4.90 Å². The Hall–Kier alpha value is -1.39. The van der Waals surface area contributed by atoms with E-state index in [4.69, 9.17) is 0 Å². The van der Waals surface area contributed by atoms with Crippen molar-refractivity contribution in [3.63, 3.8) is 0 Å². The van der Waals surface area contributed by atoms with Gasteiger partial charge in [0.1, 0.15) is 0 Å². The third-order valence-electron chi connectivity index (χ3n) is 5.66. The van der Waals surface area contributed by atoms with E-state index >= 15 is 0 Å². The van der Waals surface area contributed by atoms with Gasteiger partial charge in [0.25, 0.3) is 0 Å². The molecule has 22 heavy (non-hydrogen) atoms. The van der Waals surface area contributed by atoms with Crippen molar-refractivity contribution in [1.82, 2.24) is 9.80 Å². The van der Waals surface area contributed by atoms with Crippen LogP contribution < -0.4 is 0 Å². The van der Waals surface area contributed by atoms with Gasteiger partial charge in [0.15, 0.2) is 0 Å². The summed E-state index contributed by atoms with van der Waals surface area (Å²) in [6, 6.07) is 0. The van der Waals surface area contributed by atoms with Crippen LogP contribution in [-0.4, -0.2) is 47.7 Å². The van der Waals surface area contributed by atoms with E-state index < -0.39 is 0 Å². The number of rotatable bonds is 5. The molecule has 3 rings (SSSR count). The topological polar surface area (TPSA) is 57.7 Å². The molecule has 1 aliphatic heterocycles. The molecule has 2 saturated carbocycles. The lowest BCUT2D eigenvalue weighted by molar-refractivity contribution is -0.140. The normalized spacial score (nSPS) is 28.5. The molecule has 0 radical (unpaired) electrons. The molecule has 0 aromatic carbocycles. The molecule has 3 aliphatic rings. The Kier molecular flexibility index (Phi) is 4.50. The average molecular weight is 306 g/mol. The van der Waals surface area contributed by atoms with Crippen LogP contribution in [-0.2, 0) is 14.4 Å². The Morgan fingerprint density at radius 3 is 2.14 bits per heavy atom. The molecule has 0 bridgehead atoms. The van der Waals surface area contributed by atoms with E-state index in [9.17, 15) is 14.4 Å². The quantitative estimate of drug-likeness (QED) is 0.728. The second-order valence-corrected chi connectivity index (χ2v) is 7.15. The van der Waals surface area contributed by atoms with Crippen molar-refractivity contribution >= 4 is 17.7 Å². The summed E-state index contributed by atoms with van der Waals surface area (Å²) >= 11 is 0. The van der Waals surface area contributed by atoms with Gasteiger partial charge in [-0.25, -0.2) is 0 Å². The fourth-order valence-corrected chi connectivity index (χ4v) is 4.01. The summed E-state index contributed by atoms with van der Waals surface area (Å²) in [6.07, 6.45) is 7.71. The number of hydrogen-bond donors (Lipinski definition) is 0. The highest BCUT2D eigenvalue weighted by atomic mass is 16.2. The van der Waals surface area contributed by atoms with E-state index in [-0.39, 0.29) is 42.5 Å². The lowest BCUT2D eigenvalue weighted by Crippen LogP contribution is -2.38. The molecule has 2 aliphatic carbocycles. The summed E-state index contributed by atoms with van der Waals surface area (Å²) in [5, 5.41) is 0. The third kappa shape index (κ3) is 2.90. The van der Waals surface area contributed by atoms with E-state index in [0.717, 1.165) is 32.2 Å². The minimum atomic E-state index is -0.107. The Bertz CT molecular complexity index is 449. The number of fused-ring (bicyclic) bond motifs is 1. The standard InChI is InChI=1S/C17H26N2O3/c1-18(11-12-5-4-6-12)15(20)9-10-19-16(21)13-7-2-3-8-14(13)17(19)22/h12-14H,2-11H2,1H3. The molecule has 1 saturated heterocycles. The zero-order valence-electron chi connectivity index (χ0n) is 13.4. The lowest BCUT2D eigenvalue weighted by atomic mass is 9.81. The first kappa shape index (κ1) is 15.5. The first-order chi connectivity index (χ1) is 10.6. The van der Waals surface area contributed by atoms with Gasteiger partial charge < -0.3 is 4.90 Å². The fourth-order valence-electron chi connectivity index (χ4n) is 4.01. The van der Waals surface area contributed by atoms with Gasteiger partial charge >= 0.3 is 0 Å². The van der Waals surface area contributed by atoms with Crippen molar-refractivity contribution in [3.05, 3.63) is 0 Å². The second kappa shape index (κ2) is 6.39. The lowest BCUT2D eigenvalue weighted by Gasteiger charge is -2.30. The van der Waals surface area contributed by atoms with Crippen molar-refractivity contribution in [2.75, 3.05) is 20.1 Å². The molecule has 0 N–H and O–H groups in total. The molecule has 5 heteroatoms. The Morgan fingerprint density at radius 2 is 1.64 bits per heavy atom. The zero-order valence-corrected chi connectivity index (χ0v) is 13.4. The molecular formula is C17H26N2O3. The molecule has 2 atom stereocenters. The molecule has 5 nitrogen and oxygen atoms in total. The smallest absolute Gasteiger partial charge is 0.233 e. The van der Waals surface area contributed by atoms with Crippen LogP contribution >= 0.6 is 0 Å². The maximum atomic E-state index is 12.3. The van der Waals surface area contributed by atoms with E-state index in [2.05, 4.69) is 0 Å².